The van der Waals surface area contributed by atoms with Crippen LogP contribution in [0, 0.1) is 0 Å². The van der Waals surface area contributed by atoms with E-state index in [1.165, 1.54) is 6.07 Å². The van der Waals surface area contributed by atoms with Crippen LogP contribution in [0.2, 0.25) is 0 Å². The highest BCUT2D eigenvalue weighted by molar-refractivity contribution is 6.24. The second-order valence-electron chi connectivity index (χ2n) is 14.8. The zero-order chi connectivity index (χ0) is 43.5. The molecule has 2 aromatic heterocycles. The van der Waals surface area contributed by atoms with E-state index in [2.05, 4.69) is 21.5 Å². The molecule has 1 fully saturated rings. The number of hydrogen-bond acceptors (Lipinski definition) is 14. The zero-order valence-corrected chi connectivity index (χ0v) is 34.4. The van der Waals surface area contributed by atoms with Crippen LogP contribution in [0.3, 0.4) is 0 Å². The number of rotatable bonds is 21. The summed E-state index contributed by atoms with van der Waals surface area (Å²) in [5, 5.41) is 20.0. The number of carbonyl (C=O) groups excluding carboxylic acids is 4. The van der Waals surface area contributed by atoms with E-state index in [1.54, 1.807) is 24.5 Å². The first kappa shape index (κ1) is 42.9. The number of amides is 4. The van der Waals surface area contributed by atoms with Crippen molar-refractivity contribution in [1.82, 2.24) is 25.0 Å². The van der Waals surface area contributed by atoms with E-state index in [0.717, 1.165) is 56.9 Å². The number of aryl methyl sites for hydroxylation is 1. The Labute approximate surface area is 362 Å². The standard InChI is InChI=1S/C46H46N6O11/c53-41-13-12-39(44(54)48-41)52-45(55)36-2-1-3-40(42(36)46(52)56)63-27-25-61-23-21-59-19-18-58-20-22-60-24-26-62-34-8-6-33(7-9-34)51-29-37(43(49-51)30-14-16-47-17-15-30)32-4-10-35-31(28-32)5-11-38(35)50-57/h1-4,6-10,14-17,28-29,39,57H,5,11-13,18-27H2,(H,48,53,54). The van der Waals surface area contributed by atoms with Gasteiger partial charge in [-0.05, 0) is 78.9 Å². The number of pyridine rings is 1. The lowest BCUT2D eigenvalue weighted by atomic mass is 9.98. The highest BCUT2D eigenvalue weighted by Gasteiger charge is 2.46. The van der Waals surface area contributed by atoms with Gasteiger partial charge in [-0.3, -0.25) is 34.4 Å². The molecule has 5 aromatic rings. The van der Waals surface area contributed by atoms with E-state index < -0.39 is 29.7 Å². The van der Waals surface area contributed by atoms with Crippen molar-refractivity contribution < 1.29 is 52.8 Å². The normalized spacial score (nSPS) is 16.4. The first-order valence-electron chi connectivity index (χ1n) is 20.8. The van der Waals surface area contributed by atoms with E-state index in [9.17, 15) is 24.4 Å². The molecule has 2 N–H and O–H groups in total. The zero-order valence-electron chi connectivity index (χ0n) is 34.4. The van der Waals surface area contributed by atoms with Gasteiger partial charge in [-0.1, -0.05) is 29.4 Å². The molecule has 1 atom stereocenters. The molecule has 0 spiro atoms. The molecule has 0 bridgehead atoms. The first-order chi connectivity index (χ1) is 30.9. The van der Waals surface area contributed by atoms with Crippen LogP contribution in [0.5, 0.6) is 11.5 Å². The van der Waals surface area contributed by atoms with Gasteiger partial charge in [0, 0.05) is 41.7 Å². The molecule has 1 saturated heterocycles. The summed E-state index contributed by atoms with van der Waals surface area (Å²) in [6.07, 6.45) is 7.21. The van der Waals surface area contributed by atoms with Crippen LogP contribution in [0.25, 0.3) is 28.1 Å². The molecule has 3 aromatic carbocycles. The van der Waals surface area contributed by atoms with Gasteiger partial charge < -0.3 is 33.6 Å². The minimum atomic E-state index is -1.05. The molecule has 326 valence electrons. The van der Waals surface area contributed by atoms with Gasteiger partial charge in [0.2, 0.25) is 11.8 Å². The van der Waals surface area contributed by atoms with Gasteiger partial charge in [0.15, 0.2) is 0 Å². The number of piperidine rings is 1. The number of benzene rings is 3. The third-order valence-corrected chi connectivity index (χ3v) is 10.8. The van der Waals surface area contributed by atoms with E-state index in [0.29, 0.717) is 64.3 Å². The minimum Gasteiger partial charge on any atom is -0.491 e. The molecule has 1 unspecified atom stereocenters. The summed E-state index contributed by atoms with van der Waals surface area (Å²) in [5.41, 5.74) is 7.79. The maximum absolute atomic E-state index is 13.2. The number of fused-ring (bicyclic) bond motifs is 2. The Morgan fingerprint density at radius 3 is 2.05 bits per heavy atom. The monoisotopic (exact) mass is 858 g/mol. The van der Waals surface area contributed by atoms with Crippen LogP contribution in [0.15, 0.2) is 96.5 Å². The molecule has 17 heteroatoms. The Morgan fingerprint density at radius 1 is 0.683 bits per heavy atom. The summed E-state index contributed by atoms with van der Waals surface area (Å²) in [5.74, 6) is -1.38. The lowest BCUT2D eigenvalue weighted by molar-refractivity contribution is -0.136. The lowest BCUT2D eigenvalue weighted by Crippen LogP contribution is -2.54. The van der Waals surface area contributed by atoms with Crippen LogP contribution < -0.4 is 14.8 Å². The number of oxime groups is 1. The van der Waals surface area contributed by atoms with Crippen molar-refractivity contribution in [2.45, 2.75) is 31.7 Å². The van der Waals surface area contributed by atoms with Crippen LogP contribution in [-0.2, 0) is 35.0 Å². The number of carbonyl (C=O) groups is 4. The molecule has 0 saturated carbocycles. The first-order valence-corrected chi connectivity index (χ1v) is 20.8. The molecule has 63 heavy (non-hydrogen) atoms. The van der Waals surface area contributed by atoms with Crippen LogP contribution >= 0.6 is 0 Å². The fraction of sp³-hybridized carbons (Fsp3) is 0.326. The maximum Gasteiger partial charge on any atom is 0.266 e. The fourth-order valence-electron chi connectivity index (χ4n) is 7.67. The summed E-state index contributed by atoms with van der Waals surface area (Å²) < 4.78 is 35.9. The van der Waals surface area contributed by atoms with Crippen molar-refractivity contribution in [3.05, 3.63) is 114 Å². The third kappa shape index (κ3) is 9.97. The topological polar surface area (TPSA) is 202 Å². The van der Waals surface area contributed by atoms with E-state index >= 15 is 0 Å². The minimum absolute atomic E-state index is 0.0451. The van der Waals surface area contributed by atoms with Crippen molar-refractivity contribution in [2.24, 2.45) is 5.16 Å². The highest BCUT2D eigenvalue weighted by Crippen LogP contribution is 2.36. The van der Waals surface area contributed by atoms with Crippen molar-refractivity contribution in [3.63, 3.8) is 0 Å². The highest BCUT2D eigenvalue weighted by atomic mass is 16.6. The quantitative estimate of drug-likeness (QED) is 0.0447. The third-order valence-electron chi connectivity index (χ3n) is 10.8. The lowest BCUT2D eigenvalue weighted by Gasteiger charge is -2.27. The van der Waals surface area contributed by atoms with Gasteiger partial charge in [-0.2, -0.15) is 5.10 Å². The summed E-state index contributed by atoms with van der Waals surface area (Å²) in [7, 11) is 0. The number of nitrogens with zero attached hydrogens (tertiary/aromatic N) is 5. The molecule has 17 nitrogen and oxygen atoms in total. The maximum atomic E-state index is 13.2. The Balaban J connectivity index is 0.679. The number of ether oxygens (including phenoxy) is 6. The molecule has 4 heterocycles. The molecule has 1 aliphatic carbocycles. The Morgan fingerprint density at radius 2 is 1.37 bits per heavy atom. The Bertz CT molecular complexity index is 2470. The van der Waals surface area contributed by atoms with Crippen LogP contribution in [0.4, 0.5) is 0 Å². The summed E-state index contributed by atoms with van der Waals surface area (Å²) in [6, 6.07) is 21.5. The average molecular weight is 859 g/mol. The van der Waals surface area contributed by atoms with Crippen molar-refractivity contribution >= 4 is 29.3 Å². The van der Waals surface area contributed by atoms with E-state index in [-0.39, 0.29) is 42.9 Å². The number of hydrogen-bond donors (Lipinski definition) is 2. The smallest absolute Gasteiger partial charge is 0.266 e. The van der Waals surface area contributed by atoms with Gasteiger partial charge in [-0.15, -0.1) is 0 Å². The van der Waals surface area contributed by atoms with Crippen molar-refractivity contribution in [1.29, 1.82) is 0 Å². The fourth-order valence-corrected chi connectivity index (χ4v) is 7.67. The second kappa shape index (κ2) is 20.4. The predicted octanol–water partition coefficient (Wildman–Crippen LogP) is 4.65. The Kier molecular flexibility index (Phi) is 13.9. The molecular formula is C46H46N6O11. The second-order valence-corrected chi connectivity index (χ2v) is 14.8. The molecule has 0 radical (unpaired) electrons. The summed E-state index contributed by atoms with van der Waals surface area (Å²) in [6.45, 7) is 3.39. The largest absolute Gasteiger partial charge is 0.491 e. The number of nitrogens with one attached hydrogen (secondary N) is 1. The van der Waals surface area contributed by atoms with Gasteiger partial charge in [0.05, 0.1) is 75.4 Å². The van der Waals surface area contributed by atoms with E-state index in [1.807, 2.05) is 59.4 Å². The van der Waals surface area contributed by atoms with Gasteiger partial charge >= 0.3 is 0 Å². The van der Waals surface area contributed by atoms with Gasteiger partial charge in [0.25, 0.3) is 11.8 Å². The average Bonchev–Trinajstić information content (AvgIpc) is 4.01. The van der Waals surface area contributed by atoms with Gasteiger partial charge in [-0.25, -0.2) is 4.68 Å². The van der Waals surface area contributed by atoms with Crippen molar-refractivity contribution in [3.8, 4) is 39.6 Å². The molecule has 4 amide bonds. The molecule has 2 aliphatic heterocycles. The SMILES string of the molecule is O=C1CCC(N2C(=O)c3cccc(OCCOCCOCCOCCOCCOc4ccc(-n5cc(-c6ccc7c(c6)CCC7=NO)c(-c6ccncc6)n5)cc4)c3C2=O)C(=O)N1. The number of aromatic nitrogens is 3. The predicted molar refractivity (Wildman–Crippen MR) is 226 cm³/mol. The van der Waals surface area contributed by atoms with Crippen LogP contribution in [-0.4, -0.2) is 126 Å². The van der Waals surface area contributed by atoms with Gasteiger partial charge in [0.1, 0.15) is 36.4 Å². The van der Waals surface area contributed by atoms with Crippen LogP contribution in [0.1, 0.15) is 51.1 Å². The molecule has 3 aliphatic rings. The summed E-state index contributed by atoms with van der Waals surface area (Å²) >= 11 is 0. The Hall–Kier alpha value is -6.79. The molecular weight excluding hydrogens is 813 g/mol. The van der Waals surface area contributed by atoms with Crippen molar-refractivity contribution in [2.75, 3.05) is 66.1 Å². The van der Waals surface area contributed by atoms with E-state index in [4.69, 9.17) is 33.5 Å². The summed E-state index contributed by atoms with van der Waals surface area (Å²) in [4.78, 5) is 55.1. The number of imide groups is 2. The molecule has 8 rings (SSSR count).